The molecule has 150 valence electrons. The number of aromatic amines is 1. The molecule has 0 bridgehead atoms. The van der Waals surface area contributed by atoms with Crippen molar-refractivity contribution >= 4 is 16.7 Å². The molecule has 3 aromatic carbocycles. The van der Waals surface area contributed by atoms with Gasteiger partial charge in [-0.15, -0.1) is 0 Å². The second-order valence-corrected chi connectivity index (χ2v) is 7.70. The lowest BCUT2D eigenvalue weighted by atomic mass is 9.85. The summed E-state index contributed by atoms with van der Waals surface area (Å²) >= 11 is 0. The topological polar surface area (TPSA) is 74.8 Å². The van der Waals surface area contributed by atoms with E-state index in [1.54, 1.807) is 0 Å². The van der Waals surface area contributed by atoms with Gasteiger partial charge in [0.25, 0.3) is 0 Å². The van der Waals surface area contributed by atoms with Gasteiger partial charge >= 0.3 is 0 Å². The smallest absolute Gasteiger partial charge is 0.205 e. The van der Waals surface area contributed by atoms with E-state index in [0.29, 0.717) is 11.3 Å². The number of aromatic nitrogens is 1. The van der Waals surface area contributed by atoms with E-state index in [4.69, 9.17) is 10.5 Å². The van der Waals surface area contributed by atoms with E-state index in [1.807, 2.05) is 54.6 Å². The van der Waals surface area contributed by atoms with Gasteiger partial charge in [-0.3, -0.25) is 0 Å². The van der Waals surface area contributed by atoms with Crippen LogP contribution in [0.1, 0.15) is 22.6 Å². The van der Waals surface area contributed by atoms with Gasteiger partial charge in [-0.05, 0) is 36.3 Å². The molecule has 2 heterocycles. The third kappa shape index (κ3) is 3.27. The maximum atomic E-state index is 9.97. The molecule has 1 aromatic heterocycles. The van der Waals surface area contributed by atoms with Crippen molar-refractivity contribution in [2.24, 2.45) is 5.73 Å². The zero-order valence-corrected chi connectivity index (χ0v) is 17.1. The fourth-order valence-corrected chi connectivity index (χ4v) is 4.19. The minimum Gasteiger partial charge on any atom is -0.440 e. The van der Waals surface area contributed by atoms with Crippen LogP contribution in [0.5, 0.6) is 0 Å². The molecule has 4 aromatic rings. The molecule has 4 heteroatoms. The third-order valence-electron chi connectivity index (χ3n) is 5.66. The summed E-state index contributed by atoms with van der Waals surface area (Å²) in [5.41, 5.74) is 12.8. The number of nitrogens with zero attached hydrogens (tertiary/aromatic N) is 1. The van der Waals surface area contributed by atoms with Gasteiger partial charge in [-0.25, -0.2) is 0 Å². The average molecular weight is 403 g/mol. The number of benzene rings is 3. The van der Waals surface area contributed by atoms with Crippen molar-refractivity contribution in [2.75, 3.05) is 0 Å². The first kappa shape index (κ1) is 18.8. The second-order valence-electron chi connectivity index (χ2n) is 7.70. The van der Waals surface area contributed by atoms with E-state index < -0.39 is 0 Å². The number of hydrogen-bond acceptors (Lipinski definition) is 3. The van der Waals surface area contributed by atoms with Gasteiger partial charge in [0.1, 0.15) is 17.4 Å². The van der Waals surface area contributed by atoms with Crippen LogP contribution in [0.4, 0.5) is 0 Å². The average Bonchev–Trinajstić information content (AvgIpc) is 3.18. The van der Waals surface area contributed by atoms with Gasteiger partial charge in [-0.2, -0.15) is 5.26 Å². The largest absolute Gasteiger partial charge is 0.440 e. The fourth-order valence-electron chi connectivity index (χ4n) is 4.19. The summed E-state index contributed by atoms with van der Waals surface area (Å²) in [6.07, 6.45) is 2.00. The molecule has 1 unspecified atom stereocenters. The van der Waals surface area contributed by atoms with Gasteiger partial charge in [0.05, 0.1) is 5.69 Å². The quantitative estimate of drug-likeness (QED) is 0.441. The van der Waals surface area contributed by atoms with Crippen molar-refractivity contribution in [2.45, 2.75) is 12.8 Å². The number of nitrogens with one attached hydrogen (secondary N) is 1. The highest BCUT2D eigenvalue weighted by Gasteiger charge is 2.30. The normalized spacial score (nSPS) is 16.0. The third-order valence-corrected chi connectivity index (χ3v) is 5.66. The van der Waals surface area contributed by atoms with Crippen LogP contribution in [-0.2, 0) is 4.74 Å². The van der Waals surface area contributed by atoms with Gasteiger partial charge in [0.2, 0.25) is 5.88 Å². The number of rotatable bonds is 3. The first-order valence-electron chi connectivity index (χ1n) is 10.2. The number of aryl methyl sites for hydroxylation is 1. The number of nitrogens with two attached hydrogens (primary N) is 1. The molecule has 1 aliphatic heterocycles. The highest BCUT2D eigenvalue weighted by atomic mass is 16.5. The van der Waals surface area contributed by atoms with E-state index in [2.05, 4.69) is 48.3 Å². The molecule has 1 aliphatic rings. The molecular weight excluding hydrogens is 382 g/mol. The van der Waals surface area contributed by atoms with Crippen LogP contribution in [0.25, 0.3) is 27.9 Å². The summed E-state index contributed by atoms with van der Waals surface area (Å²) in [5, 5.41) is 11.0. The standard InChI is InChI=1S/C27H21N3O/c1-17-12-13-23-21(14-17)25(26(30-23)19-10-6-3-7-11-19)20-15-24(18-8-4-2-5-9-18)31-27(29)22(20)16-28/h2-15,20,30H,29H2,1H3. The molecule has 3 N–H and O–H groups in total. The first-order valence-corrected chi connectivity index (χ1v) is 10.2. The Hall–Kier alpha value is -4.23. The van der Waals surface area contributed by atoms with Crippen LogP contribution in [0.3, 0.4) is 0 Å². The number of fused-ring (bicyclic) bond motifs is 1. The number of allylic oxidation sites excluding steroid dienone is 2. The summed E-state index contributed by atoms with van der Waals surface area (Å²) in [7, 11) is 0. The van der Waals surface area contributed by atoms with Crippen LogP contribution in [0.15, 0.2) is 96.4 Å². The number of nitriles is 1. The maximum Gasteiger partial charge on any atom is 0.205 e. The number of H-pyrrole nitrogens is 1. The molecule has 0 aliphatic carbocycles. The fraction of sp³-hybridized carbons (Fsp3) is 0.0741. The summed E-state index contributed by atoms with van der Waals surface area (Å²) in [5.74, 6) is 0.470. The Bertz CT molecular complexity index is 1370. The van der Waals surface area contributed by atoms with Crippen LogP contribution in [0.2, 0.25) is 0 Å². The van der Waals surface area contributed by atoms with Crippen LogP contribution >= 0.6 is 0 Å². The number of hydrogen-bond donors (Lipinski definition) is 2. The summed E-state index contributed by atoms with van der Waals surface area (Å²) in [6, 6.07) is 28.6. The Kier molecular flexibility index (Phi) is 4.57. The van der Waals surface area contributed by atoms with Crippen LogP contribution < -0.4 is 5.73 Å². The molecule has 5 rings (SSSR count). The van der Waals surface area contributed by atoms with Gasteiger partial charge in [0.15, 0.2) is 0 Å². The molecule has 0 saturated heterocycles. The zero-order valence-electron chi connectivity index (χ0n) is 17.1. The lowest BCUT2D eigenvalue weighted by molar-refractivity contribution is 0.361. The van der Waals surface area contributed by atoms with E-state index >= 15 is 0 Å². The Morgan fingerprint density at radius 3 is 2.29 bits per heavy atom. The van der Waals surface area contributed by atoms with Crippen molar-refractivity contribution in [1.82, 2.24) is 4.98 Å². The van der Waals surface area contributed by atoms with Crippen molar-refractivity contribution in [3.8, 4) is 17.3 Å². The highest BCUT2D eigenvalue weighted by molar-refractivity contribution is 5.93. The van der Waals surface area contributed by atoms with Crippen LogP contribution in [-0.4, -0.2) is 4.98 Å². The Morgan fingerprint density at radius 2 is 1.61 bits per heavy atom. The minimum atomic E-state index is -0.334. The molecule has 0 radical (unpaired) electrons. The van der Waals surface area contributed by atoms with Gasteiger partial charge in [-0.1, -0.05) is 72.3 Å². The van der Waals surface area contributed by atoms with E-state index in [1.165, 1.54) is 0 Å². The van der Waals surface area contributed by atoms with Crippen molar-refractivity contribution in [3.63, 3.8) is 0 Å². The predicted molar refractivity (Wildman–Crippen MR) is 124 cm³/mol. The summed E-state index contributed by atoms with van der Waals surface area (Å²) in [6.45, 7) is 2.07. The maximum absolute atomic E-state index is 9.97. The molecule has 0 fully saturated rings. The molecule has 0 spiro atoms. The molecule has 0 saturated carbocycles. The zero-order chi connectivity index (χ0) is 21.4. The summed E-state index contributed by atoms with van der Waals surface area (Å²) < 4.78 is 5.87. The molecular formula is C27H21N3O. The van der Waals surface area contributed by atoms with Crippen molar-refractivity contribution < 1.29 is 4.74 Å². The SMILES string of the molecule is Cc1ccc2[nH]c(-c3ccccc3)c(C3C=C(c4ccccc4)OC(N)=C3C#N)c2c1. The van der Waals surface area contributed by atoms with E-state index in [0.717, 1.165) is 38.9 Å². The molecule has 31 heavy (non-hydrogen) atoms. The Morgan fingerprint density at radius 1 is 0.935 bits per heavy atom. The molecule has 1 atom stereocenters. The molecule has 4 nitrogen and oxygen atoms in total. The summed E-state index contributed by atoms with van der Waals surface area (Å²) in [4.78, 5) is 3.58. The molecule has 0 amide bonds. The van der Waals surface area contributed by atoms with E-state index in [9.17, 15) is 5.26 Å². The first-order chi connectivity index (χ1) is 15.2. The lowest BCUT2D eigenvalue weighted by Crippen LogP contribution is -2.16. The van der Waals surface area contributed by atoms with E-state index in [-0.39, 0.29) is 11.8 Å². The highest BCUT2D eigenvalue weighted by Crippen LogP contribution is 2.43. The van der Waals surface area contributed by atoms with Crippen molar-refractivity contribution in [3.05, 3.63) is 113 Å². The lowest BCUT2D eigenvalue weighted by Gasteiger charge is -2.24. The van der Waals surface area contributed by atoms with Gasteiger partial charge < -0.3 is 15.5 Å². The Labute approximate surface area is 180 Å². The second kappa shape index (κ2) is 7.55. The predicted octanol–water partition coefficient (Wildman–Crippen LogP) is 5.99. The number of ether oxygens (including phenoxy) is 1. The van der Waals surface area contributed by atoms with Crippen LogP contribution in [0, 0.1) is 18.3 Å². The minimum absolute atomic E-state index is 0.148. The monoisotopic (exact) mass is 403 g/mol. The Balaban J connectivity index is 1.80. The van der Waals surface area contributed by atoms with Crippen molar-refractivity contribution in [1.29, 1.82) is 5.26 Å². The van der Waals surface area contributed by atoms with Gasteiger partial charge in [0, 0.05) is 22.4 Å².